The molecule has 0 aromatic rings. The van der Waals surface area contributed by atoms with E-state index in [0.717, 1.165) is 6.42 Å². The molecule has 96 valence electrons. The molecule has 16 heavy (non-hydrogen) atoms. The van der Waals surface area contributed by atoms with Crippen LogP contribution in [0, 0.1) is 5.92 Å². The third-order valence-electron chi connectivity index (χ3n) is 2.22. The zero-order valence-electron chi connectivity index (χ0n) is 9.77. The number of esters is 1. The van der Waals surface area contributed by atoms with Crippen LogP contribution in [0.5, 0.6) is 0 Å². The minimum absolute atomic E-state index is 0.0548. The molecule has 1 atom stereocenters. The molecule has 0 radical (unpaired) electrons. The highest BCUT2D eigenvalue weighted by Gasteiger charge is 2.45. The monoisotopic (exact) mass is 240 g/mol. The topological polar surface area (TPSA) is 26.3 Å². The normalized spacial score (nSPS) is 13.6. The molecule has 0 aromatic carbocycles. The van der Waals surface area contributed by atoms with Gasteiger partial charge in [-0.25, -0.2) is 0 Å². The van der Waals surface area contributed by atoms with Gasteiger partial charge in [0, 0.05) is 0 Å². The summed E-state index contributed by atoms with van der Waals surface area (Å²) >= 11 is 0. The van der Waals surface area contributed by atoms with Crippen LogP contribution in [-0.2, 0) is 9.53 Å². The van der Waals surface area contributed by atoms with Crippen LogP contribution in [0.3, 0.4) is 0 Å². The number of halogens is 3. The highest BCUT2D eigenvalue weighted by molar-refractivity contribution is 5.73. The number of carbonyl (C=O) groups is 1. The van der Waals surface area contributed by atoms with Crippen LogP contribution in [0.2, 0.25) is 0 Å². The molecule has 0 spiro atoms. The predicted molar refractivity (Wildman–Crippen MR) is 54.9 cm³/mol. The van der Waals surface area contributed by atoms with Crippen LogP contribution in [0.25, 0.3) is 0 Å². The fraction of sp³-hybridized carbons (Fsp3) is 0.909. The van der Waals surface area contributed by atoms with Gasteiger partial charge in [0.25, 0.3) is 0 Å². The Morgan fingerprint density at radius 2 is 1.81 bits per heavy atom. The molecule has 0 fully saturated rings. The Balaban J connectivity index is 4.25. The number of hydrogen-bond donors (Lipinski definition) is 0. The number of unbranched alkanes of at least 4 members (excludes halogenated alkanes) is 2. The van der Waals surface area contributed by atoms with E-state index in [1.165, 1.54) is 0 Å². The smallest absolute Gasteiger partial charge is 0.402 e. The van der Waals surface area contributed by atoms with Crippen molar-refractivity contribution in [2.75, 3.05) is 6.61 Å². The fourth-order valence-corrected chi connectivity index (χ4v) is 1.32. The maximum atomic E-state index is 12.5. The van der Waals surface area contributed by atoms with Crippen molar-refractivity contribution in [3.63, 3.8) is 0 Å². The molecule has 0 saturated carbocycles. The Morgan fingerprint density at radius 3 is 2.25 bits per heavy atom. The number of alkyl halides is 3. The van der Waals surface area contributed by atoms with E-state index in [1.54, 1.807) is 6.92 Å². The lowest BCUT2D eigenvalue weighted by molar-refractivity contribution is -0.199. The molecule has 5 heteroatoms. The summed E-state index contributed by atoms with van der Waals surface area (Å²) < 4.78 is 42.1. The lowest BCUT2D eigenvalue weighted by Crippen LogP contribution is -2.32. The largest absolute Gasteiger partial charge is 0.465 e. The van der Waals surface area contributed by atoms with Gasteiger partial charge in [0.15, 0.2) is 5.92 Å². The van der Waals surface area contributed by atoms with E-state index in [0.29, 0.717) is 19.3 Å². The molecule has 0 bridgehead atoms. The SMILES string of the molecule is CCCCCC(C(=O)OCCC)C(F)(F)F. The second-order valence-electron chi connectivity index (χ2n) is 3.76. The summed E-state index contributed by atoms with van der Waals surface area (Å²) in [5, 5.41) is 0. The average Bonchev–Trinajstić information content (AvgIpc) is 2.19. The number of rotatable bonds is 7. The Kier molecular flexibility index (Phi) is 7.17. The Morgan fingerprint density at radius 1 is 1.19 bits per heavy atom. The van der Waals surface area contributed by atoms with Crippen molar-refractivity contribution in [3.8, 4) is 0 Å². The van der Waals surface area contributed by atoms with Crippen molar-refractivity contribution in [1.82, 2.24) is 0 Å². The van der Waals surface area contributed by atoms with E-state index in [4.69, 9.17) is 0 Å². The molecular formula is C11H19F3O2. The number of ether oxygens (including phenoxy) is 1. The quantitative estimate of drug-likeness (QED) is 0.501. The van der Waals surface area contributed by atoms with E-state index < -0.39 is 18.1 Å². The molecule has 0 N–H and O–H groups in total. The zero-order valence-corrected chi connectivity index (χ0v) is 9.77. The van der Waals surface area contributed by atoms with Gasteiger partial charge < -0.3 is 4.74 Å². The second-order valence-corrected chi connectivity index (χ2v) is 3.76. The van der Waals surface area contributed by atoms with Gasteiger partial charge in [-0.3, -0.25) is 4.79 Å². The molecule has 0 aliphatic rings. The second kappa shape index (κ2) is 7.52. The van der Waals surface area contributed by atoms with Crippen molar-refractivity contribution in [2.45, 2.75) is 52.1 Å². The molecule has 0 saturated heterocycles. The van der Waals surface area contributed by atoms with Crippen LogP contribution in [0.15, 0.2) is 0 Å². The van der Waals surface area contributed by atoms with Gasteiger partial charge in [0.2, 0.25) is 0 Å². The molecule has 2 nitrogen and oxygen atoms in total. The zero-order chi connectivity index (χ0) is 12.6. The first-order valence-electron chi connectivity index (χ1n) is 5.66. The van der Waals surface area contributed by atoms with Gasteiger partial charge in [-0.2, -0.15) is 13.2 Å². The third kappa shape index (κ3) is 5.98. The summed E-state index contributed by atoms with van der Waals surface area (Å²) in [5.41, 5.74) is 0. The molecule has 1 unspecified atom stereocenters. The van der Waals surface area contributed by atoms with Crippen LogP contribution >= 0.6 is 0 Å². The van der Waals surface area contributed by atoms with Gasteiger partial charge in [0.05, 0.1) is 6.61 Å². The van der Waals surface area contributed by atoms with E-state index >= 15 is 0 Å². The molecule has 0 heterocycles. The van der Waals surface area contributed by atoms with Crippen LogP contribution < -0.4 is 0 Å². The lowest BCUT2D eigenvalue weighted by Gasteiger charge is -2.18. The number of carbonyl (C=O) groups excluding carboxylic acids is 1. The third-order valence-corrected chi connectivity index (χ3v) is 2.22. The predicted octanol–water partition coefficient (Wildman–Crippen LogP) is 3.70. The lowest BCUT2D eigenvalue weighted by atomic mass is 10.0. The minimum atomic E-state index is -4.49. The summed E-state index contributed by atoms with van der Waals surface area (Å²) in [6.45, 7) is 3.70. The summed E-state index contributed by atoms with van der Waals surface area (Å²) in [6.07, 6.45) is -2.19. The molecule has 0 aliphatic heterocycles. The summed E-state index contributed by atoms with van der Waals surface area (Å²) in [4.78, 5) is 11.2. The van der Waals surface area contributed by atoms with Crippen molar-refractivity contribution < 1.29 is 22.7 Å². The summed E-state index contributed by atoms with van der Waals surface area (Å²) in [7, 11) is 0. The fourth-order valence-electron chi connectivity index (χ4n) is 1.32. The van der Waals surface area contributed by atoms with Gasteiger partial charge in [-0.1, -0.05) is 33.1 Å². The van der Waals surface area contributed by atoms with E-state index in [9.17, 15) is 18.0 Å². The standard InChI is InChI=1S/C11H19F3O2/c1-3-5-6-7-9(11(12,13)14)10(15)16-8-4-2/h9H,3-8H2,1-2H3. The van der Waals surface area contributed by atoms with Crippen molar-refractivity contribution in [3.05, 3.63) is 0 Å². The summed E-state index contributed by atoms with van der Waals surface area (Å²) in [5.74, 6) is -3.09. The van der Waals surface area contributed by atoms with E-state index in [2.05, 4.69) is 4.74 Å². The highest BCUT2D eigenvalue weighted by atomic mass is 19.4. The average molecular weight is 240 g/mol. The molecule has 0 aliphatic carbocycles. The van der Waals surface area contributed by atoms with Gasteiger partial charge >= 0.3 is 12.1 Å². The van der Waals surface area contributed by atoms with Gasteiger partial charge in [0.1, 0.15) is 0 Å². The van der Waals surface area contributed by atoms with E-state index in [1.807, 2.05) is 6.92 Å². The van der Waals surface area contributed by atoms with Crippen LogP contribution in [-0.4, -0.2) is 18.8 Å². The number of hydrogen-bond acceptors (Lipinski definition) is 2. The van der Waals surface area contributed by atoms with Crippen LogP contribution in [0.4, 0.5) is 13.2 Å². The molecular weight excluding hydrogens is 221 g/mol. The molecule has 0 aromatic heterocycles. The summed E-state index contributed by atoms with van der Waals surface area (Å²) in [6, 6.07) is 0. The first-order chi connectivity index (χ1) is 7.43. The van der Waals surface area contributed by atoms with Crippen molar-refractivity contribution in [1.29, 1.82) is 0 Å². The molecule has 0 amide bonds. The maximum absolute atomic E-state index is 12.5. The maximum Gasteiger partial charge on any atom is 0.402 e. The highest BCUT2D eigenvalue weighted by Crippen LogP contribution is 2.31. The van der Waals surface area contributed by atoms with Crippen molar-refractivity contribution in [2.24, 2.45) is 5.92 Å². The Bertz CT molecular complexity index is 202. The first kappa shape index (κ1) is 15.3. The minimum Gasteiger partial charge on any atom is -0.465 e. The Hall–Kier alpha value is -0.740. The van der Waals surface area contributed by atoms with Crippen LogP contribution in [0.1, 0.15) is 46.0 Å². The van der Waals surface area contributed by atoms with Crippen molar-refractivity contribution >= 4 is 5.97 Å². The van der Waals surface area contributed by atoms with Gasteiger partial charge in [-0.05, 0) is 12.8 Å². The van der Waals surface area contributed by atoms with Gasteiger partial charge in [-0.15, -0.1) is 0 Å². The Labute approximate surface area is 94.2 Å². The molecule has 0 rings (SSSR count). The van der Waals surface area contributed by atoms with E-state index in [-0.39, 0.29) is 13.0 Å². The first-order valence-corrected chi connectivity index (χ1v) is 5.66.